The van der Waals surface area contributed by atoms with Crippen LogP contribution in [0.5, 0.6) is 0 Å². The average molecular weight is 281 g/mol. The standard InChI is InChI=1S/C13H15NO6/c15-11(8-2-1-3-9(8)12(16)17)14-6-7-4-5-10(20-7)13(18)19/h4-5,8-9H,1-3,6H2,(H,14,15)(H,16,17)(H,18,19)/t8-,9-/m1/s1. The fourth-order valence-corrected chi connectivity index (χ4v) is 2.46. The lowest BCUT2D eigenvalue weighted by atomic mass is 9.95. The van der Waals surface area contributed by atoms with Crippen LogP contribution in [0.2, 0.25) is 0 Å². The third-order valence-electron chi connectivity index (χ3n) is 3.48. The van der Waals surface area contributed by atoms with Crippen LogP contribution >= 0.6 is 0 Å². The summed E-state index contributed by atoms with van der Waals surface area (Å²) in [4.78, 5) is 33.6. The summed E-state index contributed by atoms with van der Waals surface area (Å²) in [5.74, 6) is -3.50. The number of amides is 1. The second-order valence-electron chi connectivity index (χ2n) is 4.77. The summed E-state index contributed by atoms with van der Waals surface area (Å²) in [5, 5.41) is 20.3. The van der Waals surface area contributed by atoms with Gasteiger partial charge in [0.1, 0.15) is 5.76 Å². The van der Waals surface area contributed by atoms with E-state index in [1.165, 1.54) is 12.1 Å². The van der Waals surface area contributed by atoms with Gasteiger partial charge in [0.2, 0.25) is 11.7 Å². The molecular formula is C13H15NO6. The third kappa shape index (κ3) is 2.98. The van der Waals surface area contributed by atoms with Crippen molar-refractivity contribution in [1.29, 1.82) is 0 Å². The van der Waals surface area contributed by atoms with Crippen LogP contribution in [-0.4, -0.2) is 28.1 Å². The Morgan fingerprint density at radius 3 is 2.50 bits per heavy atom. The Balaban J connectivity index is 1.91. The van der Waals surface area contributed by atoms with Gasteiger partial charge in [0.25, 0.3) is 0 Å². The molecule has 1 aromatic rings. The van der Waals surface area contributed by atoms with Crippen molar-refractivity contribution in [3.8, 4) is 0 Å². The Bertz CT molecular complexity index is 535. The highest BCUT2D eigenvalue weighted by Gasteiger charge is 2.37. The number of rotatable bonds is 5. The maximum atomic E-state index is 11.9. The Hall–Kier alpha value is -2.31. The van der Waals surface area contributed by atoms with Gasteiger partial charge in [-0.1, -0.05) is 6.42 Å². The number of aliphatic carboxylic acids is 1. The zero-order valence-corrected chi connectivity index (χ0v) is 10.7. The highest BCUT2D eigenvalue weighted by atomic mass is 16.4. The number of aromatic carboxylic acids is 1. The molecule has 1 amide bonds. The van der Waals surface area contributed by atoms with Crippen LogP contribution in [0, 0.1) is 11.8 Å². The molecule has 1 saturated carbocycles. The van der Waals surface area contributed by atoms with Crippen molar-refractivity contribution in [1.82, 2.24) is 5.32 Å². The fraction of sp³-hybridized carbons (Fsp3) is 0.462. The van der Waals surface area contributed by atoms with Crippen molar-refractivity contribution < 1.29 is 29.0 Å². The maximum Gasteiger partial charge on any atom is 0.371 e. The zero-order chi connectivity index (χ0) is 14.7. The fourth-order valence-electron chi connectivity index (χ4n) is 2.46. The maximum absolute atomic E-state index is 11.9. The van der Waals surface area contributed by atoms with Crippen molar-refractivity contribution in [2.75, 3.05) is 0 Å². The highest BCUT2D eigenvalue weighted by Crippen LogP contribution is 2.32. The van der Waals surface area contributed by atoms with E-state index in [0.717, 1.165) is 6.42 Å². The summed E-state index contributed by atoms with van der Waals surface area (Å²) in [6.45, 7) is 0.0505. The SMILES string of the molecule is O=C(O)c1ccc(CNC(=O)[C@@H]2CCC[C@H]2C(=O)O)o1. The van der Waals surface area contributed by atoms with Crippen LogP contribution in [0.25, 0.3) is 0 Å². The molecule has 0 bridgehead atoms. The summed E-state index contributed by atoms with van der Waals surface area (Å²) in [6.07, 6.45) is 1.79. The molecule has 0 radical (unpaired) electrons. The van der Waals surface area contributed by atoms with Gasteiger partial charge in [-0.2, -0.15) is 0 Å². The van der Waals surface area contributed by atoms with Gasteiger partial charge in [0.05, 0.1) is 18.4 Å². The summed E-state index contributed by atoms with van der Waals surface area (Å²) in [5.41, 5.74) is 0. The molecule has 2 atom stereocenters. The number of carbonyl (C=O) groups excluding carboxylic acids is 1. The second kappa shape index (κ2) is 5.77. The monoisotopic (exact) mass is 281 g/mol. The Kier molecular flexibility index (Phi) is 4.07. The molecule has 7 nitrogen and oxygen atoms in total. The minimum atomic E-state index is -1.18. The normalized spacial score (nSPS) is 21.6. The van der Waals surface area contributed by atoms with E-state index in [9.17, 15) is 14.4 Å². The molecule has 0 spiro atoms. The van der Waals surface area contributed by atoms with Crippen LogP contribution in [-0.2, 0) is 16.1 Å². The summed E-state index contributed by atoms with van der Waals surface area (Å²) in [6, 6.07) is 2.77. The molecule has 1 fully saturated rings. The molecule has 1 aliphatic rings. The lowest BCUT2D eigenvalue weighted by Gasteiger charge is -2.14. The van der Waals surface area contributed by atoms with E-state index in [-0.39, 0.29) is 18.2 Å². The number of carbonyl (C=O) groups is 3. The summed E-state index contributed by atoms with van der Waals surface area (Å²) in [7, 11) is 0. The smallest absolute Gasteiger partial charge is 0.371 e. The quantitative estimate of drug-likeness (QED) is 0.744. The molecule has 0 unspecified atom stereocenters. The van der Waals surface area contributed by atoms with Crippen LogP contribution in [0.1, 0.15) is 35.6 Å². The molecule has 1 aliphatic carbocycles. The zero-order valence-electron chi connectivity index (χ0n) is 10.7. The number of carboxylic acid groups (broad SMARTS) is 2. The van der Waals surface area contributed by atoms with E-state index in [0.29, 0.717) is 18.6 Å². The molecule has 0 saturated heterocycles. The van der Waals surface area contributed by atoms with Crippen molar-refractivity contribution in [2.45, 2.75) is 25.8 Å². The second-order valence-corrected chi connectivity index (χ2v) is 4.77. The van der Waals surface area contributed by atoms with Gasteiger partial charge < -0.3 is 19.9 Å². The average Bonchev–Trinajstić information content (AvgIpc) is 3.04. The Labute approximate surface area is 114 Å². The van der Waals surface area contributed by atoms with Crippen LogP contribution in [0.3, 0.4) is 0 Å². The molecule has 20 heavy (non-hydrogen) atoms. The Morgan fingerprint density at radius 2 is 1.90 bits per heavy atom. The van der Waals surface area contributed by atoms with E-state index in [1.807, 2.05) is 0 Å². The first-order valence-electron chi connectivity index (χ1n) is 6.31. The molecule has 3 N–H and O–H groups in total. The largest absolute Gasteiger partial charge is 0.481 e. The van der Waals surface area contributed by atoms with E-state index in [4.69, 9.17) is 14.6 Å². The topological polar surface area (TPSA) is 117 Å². The molecule has 2 rings (SSSR count). The summed E-state index contributed by atoms with van der Waals surface area (Å²) < 4.78 is 5.00. The van der Waals surface area contributed by atoms with Gasteiger partial charge in [0.15, 0.2) is 0 Å². The Morgan fingerprint density at radius 1 is 1.20 bits per heavy atom. The molecule has 0 aliphatic heterocycles. The van der Waals surface area contributed by atoms with E-state index in [2.05, 4.69) is 5.32 Å². The molecule has 108 valence electrons. The lowest BCUT2D eigenvalue weighted by Crippen LogP contribution is -2.34. The predicted octanol–water partition coefficient (Wildman–Crippen LogP) is 1.09. The number of hydrogen-bond acceptors (Lipinski definition) is 4. The molecule has 7 heteroatoms. The minimum absolute atomic E-state index is 0.0505. The van der Waals surface area contributed by atoms with Gasteiger partial charge in [-0.05, 0) is 25.0 Å². The van der Waals surface area contributed by atoms with Gasteiger partial charge in [-0.15, -0.1) is 0 Å². The van der Waals surface area contributed by atoms with Crippen molar-refractivity contribution in [2.24, 2.45) is 11.8 Å². The first-order chi connectivity index (χ1) is 9.49. The minimum Gasteiger partial charge on any atom is -0.481 e. The summed E-state index contributed by atoms with van der Waals surface area (Å²) >= 11 is 0. The number of hydrogen-bond donors (Lipinski definition) is 3. The van der Waals surface area contributed by atoms with Crippen molar-refractivity contribution >= 4 is 17.8 Å². The predicted molar refractivity (Wildman–Crippen MR) is 66.0 cm³/mol. The number of nitrogens with one attached hydrogen (secondary N) is 1. The highest BCUT2D eigenvalue weighted by molar-refractivity contribution is 5.85. The first kappa shape index (κ1) is 14.1. The van der Waals surface area contributed by atoms with E-state index >= 15 is 0 Å². The van der Waals surface area contributed by atoms with Gasteiger partial charge in [-0.3, -0.25) is 9.59 Å². The molecule has 0 aromatic carbocycles. The van der Waals surface area contributed by atoms with Crippen LogP contribution in [0.15, 0.2) is 16.5 Å². The van der Waals surface area contributed by atoms with E-state index in [1.54, 1.807) is 0 Å². The third-order valence-corrected chi connectivity index (χ3v) is 3.48. The first-order valence-corrected chi connectivity index (χ1v) is 6.31. The molecule has 1 aromatic heterocycles. The van der Waals surface area contributed by atoms with Crippen molar-refractivity contribution in [3.63, 3.8) is 0 Å². The molecular weight excluding hydrogens is 266 g/mol. The van der Waals surface area contributed by atoms with Gasteiger partial charge in [-0.25, -0.2) is 4.79 Å². The van der Waals surface area contributed by atoms with E-state index < -0.39 is 23.8 Å². The van der Waals surface area contributed by atoms with Crippen molar-refractivity contribution in [3.05, 3.63) is 23.7 Å². The number of furan rings is 1. The van der Waals surface area contributed by atoms with Gasteiger partial charge in [0, 0.05) is 0 Å². The van der Waals surface area contributed by atoms with Gasteiger partial charge >= 0.3 is 11.9 Å². The molecule has 1 heterocycles. The number of carboxylic acids is 2. The van der Waals surface area contributed by atoms with Crippen LogP contribution in [0.4, 0.5) is 0 Å². The van der Waals surface area contributed by atoms with Crippen LogP contribution < -0.4 is 5.32 Å². The lowest BCUT2D eigenvalue weighted by molar-refractivity contribution is -0.146.